The molecule has 0 spiro atoms. The SMILES string of the molecule is CC(C)CC1=CC(C)CCO1. The topological polar surface area (TPSA) is 9.23 Å². The second kappa shape index (κ2) is 3.80. The molecule has 0 radical (unpaired) electrons. The van der Waals surface area contributed by atoms with Gasteiger partial charge in [-0.2, -0.15) is 0 Å². The average molecular weight is 154 g/mol. The molecule has 0 aromatic heterocycles. The maximum atomic E-state index is 5.52. The molecule has 1 nitrogen and oxygen atoms in total. The van der Waals surface area contributed by atoms with E-state index in [-0.39, 0.29) is 0 Å². The Kier molecular flexibility index (Phi) is 2.98. The Bertz CT molecular complexity index is 147. The van der Waals surface area contributed by atoms with Gasteiger partial charge in [0, 0.05) is 6.42 Å². The van der Waals surface area contributed by atoms with Gasteiger partial charge in [-0.3, -0.25) is 0 Å². The smallest absolute Gasteiger partial charge is 0.0925 e. The van der Waals surface area contributed by atoms with Crippen molar-refractivity contribution in [1.29, 1.82) is 0 Å². The number of allylic oxidation sites excluding steroid dienone is 2. The summed E-state index contributed by atoms with van der Waals surface area (Å²) in [5.41, 5.74) is 0. The lowest BCUT2D eigenvalue weighted by molar-refractivity contribution is 0.162. The lowest BCUT2D eigenvalue weighted by atomic mass is 10.0. The van der Waals surface area contributed by atoms with E-state index in [0.29, 0.717) is 5.92 Å². The van der Waals surface area contributed by atoms with Crippen LogP contribution in [-0.2, 0) is 4.74 Å². The number of rotatable bonds is 2. The largest absolute Gasteiger partial charge is 0.498 e. The van der Waals surface area contributed by atoms with Crippen molar-refractivity contribution in [2.45, 2.75) is 33.6 Å². The highest BCUT2D eigenvalue weighted by Crippen LogP contribution is 2.21. The predicted molar refractivity (Wildman–Crippen MR) is 47.3 cm³/mol. The van der Waals surface area contributed by atoms with E-state index < -0.39 is 0 Å². The minimum Gasteiger partial charge on any atom is -0.498 e. The minimum absolute atomic E-state index is 0.714. The first kappa shape index (κ1) is 8.63. The van der Waals surface area contributed by atoms with Crippen molar-refractivity contribution in [3.63, 3.8) is 0 Å². The van der Waals surface area contributed by atoms with Gasteiger partial charge in [0.25, 0.3) is 0 Å². The van der Waals surface area contributed by atoms with Gasteiger partial charge < -0.3 is 4.74 Å². The fourth-order valence-corrected chi connectivity index (χ4v) is 1.35. The summed E-state index contributed by atoms with van der Waals surface area (Å²) in [4.78, 5) is 0. The summed E-state index contributed by atoms with van der Waals surface area (Å²) in [6, 6.07) is 0. The summed E-state index contributed by atoms with van der Waals surface area (Å²) < 4.78 is 5.52. The molecule has 0 fully saturated rings. The van der Waals surface area contributed by atoms with E-state index in [1.807, 2.05) is 0 Å². The quantitative estimate of drug-likeness (QED) is 0.594. The molecular weight excluding hydrogens is 136 g/mol. The third kappa shape index (κ3) is 2.96. The zero-order chi connectivity index (χ0) is 8.27. The summed E-state index contributed by atoms with van der Waals surface area (Å²) in [6.45, 7) is 7.62. The van der Waals surface area contributed by atoms with Crippen molar-refractivity contribution in [3.8, 4) is 0 Å². The minimum atomic E-state index is 0.714. The first-order valence-corrected chi connectivity index (χ1v) is 4.52. The average Bonchev–Trinajstić information content (AvgIpc) is 1.85. The molecule has 0 saturated heterocycles. The lowest BCUT2D eigenvalue weighted by Gasteiger charge is -2.20. The van der Waals surface area contributed by atoms with Crippen molar-refractivity contribution < 1.29 is 4.74 Å². The van der Waals surface area contributed by atoms with Crippen LogP contribution in [0.2, 0.25) is 0 Å². The molecule has 1 rings (SSSR count). The number of hydrogen-bond acceptors (Lipinski definition) is 1. The van der Waals surface area contributed by atoms with E-state index in [2.05, 4.69) is 26.8 Å². The summed E-state index contributed by atoms with van der Waals surface area (Å²) in [5, 5.41) is 0. The van der Waals surface area contributed by atoms with Gasteiger partial charge in [0.05, 0.1) is 12.4 Å². The molecule has 1 heterocycles. The van der Waals surface area contributed by atoms with E-state index in [1.165, 1.54) is 12.2 Å². The molecular formula is C10H18O. The van der Waals surface area contributed by atoms with E-state index in [1.54, 1.807) is 0 Å². The Morgan fingerprint density at radius 3 is 2.91 bits per heavy atom. The van der Waals surface area contributed by atoms with E-state index >= 15 is 0 Å². The van der Waals surface area contributed by atoms with Crippen LogP contribution in [0.5, 0.6) is 0 Å². The van der Waals surface area contributed by atoms with E-state index in [9.17, 15) is 0 Å². The van der Waals surface area contributed by atoms with E-state index in [4.69, 9.17) is 4.74 Å². The zero-order valence-corrected chi connectivity index (χ0v) is 7.76. The fourth-order valence-electron chi connectivity index (χ4n) is 1.35. The van der Waals surface area contributed by atoms with Crippen LogP contribution in [0, 0.1) is 11.8 Å². The second-order valence-electron chi connectivity index (χ2n) is 3.85. The Morgan fingerprint density at radius 1 is 1.64 bits per heavy atom. The van der Waals surface area contributed by atoms with Gasteiger partial charge in [0.1, 0.15) is 0 Å². The maximum Gasteiger partial charge on any atom is 0.0925 e. The van der Waals surface area contributed by atoms with Gasteiger partial charge in [-0.05, 0) is 24.3 Å². The third-order valence-electron chi connectivity index (χ3n) is 1.94. The van der Waals surface area contributed by atoms with Gasteiger partial charge in [-0.25, -0.2) is 0 Å². The molecule has 0 bridgehead atoms. The second-order valence-corrected chi connectivity index (χ2v) is 3.85. The Labute approximate surface area is 69.4 Å². The number of hydrogen-bond donors (Lipinski definition) is 0. The summed E-state index contributed by atoms with van der Waals surface area (Å²) in [7, 11) is 0. The van der Waals surface area contributed by atoms with Gasteiger partial charge in [-0.15, -0.1) is 0 Å². The molecule has 11 heavy (non-hydrogen) atoms. The van der Waals surface area contributed by atoms with Crippen LogP contribution in [0.4, 0.5) is 0 Å². The van der Waals surface area contributed by atoms with Crippen LogP contribution < -0.4 is 0 Å². The van der Waals surface area contributed by atoms with Crippen LogP contribution in [0.1, 0.15) is 33.6 Å². The highest BCUT2D eigenvalue weighted by Gasteiger charge is 2.10. The summed E-state index contributed by atoms with van der Waals surface area (Å²) >= 11 is 0. The molecule has 1 aliphatic heterocycles. The standard InChI is InChI=1S/C10H18O/c1-8(2)6-10-7-9(3)4-5-11-10/h7-9H,4-6H2,1-3H3. The monoisotopic (exact) mass is 154 g/mol. The third-order valence-corrected chi connectivity index (χ3v) is 1.94. The highest BCUT2D eigenvalue weighted by molar-refractivity contribution is 4.99. The van der Waals surface area contributed by atoms with Crippen LogP contribution in [0.3, 0.4) is 0 Å². The predicted octanol–water partition coefficient (Wildman–Crippen LogP) is 2.97. The first-order valence-electron chi connectivity index (χ1n) is 4.52. The van der Waals surface area contributed by atoms with Crippen molar-refractivity contribution >= 4 is 0 Å². The van der Waals surface area contributed by atoms with Gasteiger partial charge in [0.15, 0.2) is 0 Å². The molecule has 1 heteroatoms. The normalized spacial score (nSPS) is 24.7. The first-order chi connectivity index (χ1) is 5.18. The zero-order valence-electron chi connectivity index (χ0n) is 7.76. The van der Waals surface area contributed by atoms with Crippen molar-refractivity contribution in [1.82, 2.24) is 0 Å². The molecule has 0 aromatic rings. The Hall–Kier alpha value is -0.460. The molecule has 0 N–H and O–H groups in total. The molecule has 0 amide bonds. The lowest BCUT2D eigenvalue weighted by Crippen LogP contribution is -2.09. The van der Waals surface area contributed by atoms with Gasteiger partial charge in [0.2, 0.25) is 0 Å². The van der Waals surface area contributed by atoms with E-state index in [0.717, 1.165) is 18.9 Å². The van der Waals surface area contributed by atoms with Crippen molar-refractivity contribution in [2.75, 3.05) is 6.61 Å². The Balaban J connectivity index is 2.43. The van der Waals surface area contributed by atoms with Gasteiger partial charge in [-0.1, -0.05) is 20.8 Å². The molecule has 1 unspecified atom stereocenters. The fraction of sp³-hybridized carbons (Fsp3) is 0.800. The van der Waals surface area contributed by atoms with Crippen molar-refractivity contribution in [2.24, 2.45) is 11.8 Å². The number of ether oxygens (including phenoxy) is 1. The maximum absolute atomic E-state index is 5.52. The molecule has 1 atom stereocenters. The van der Waals surface area contributed by atoms with Crippen molar-refractivity contribution in [3.05, 3.63) is 11.8 Å². The van der Waals surface area contributed by atoms with Crippen LogP contribution >= 0.6 is 0 Å². The van der Waals surface area contributed by atoms with Gasteiger partial charge >= 0.3 is 0 Å². The molecule has 64 valence electrons. The molecule has 0 aliphatic carbocycles. The molecule has 0 aromatic carbocycles. The molecule has 1 aliphatic rings. The Morgan fingerprint density at radius 2 is 2.36 bits per heavy atom. The molecule has 0 saturated carbocycles. The van der Waals surface area contributed by atoms with Crippen LogP contribution in [0.15, 0.2) is 11.8 Å². The van der Waals surface area contributed by atoms with Crippen LogP contribution in [0.25, 0.3) is 0 Å². The highest BCUT2D eigenvalue weighted by atomic mass is 16.5. The van der Waals surface area contributed by atoms with Crippen LogP contribution in [-0.4, -0.2) is 6.61 Å². The summed E-state index contributed by atoms with van der Waals surface area (Å²) in [6.07, 6.45) is 4.55. The summed E-state index contributed by atoms with van der Waals surface area (Å²) in [5.74, 6) is 2.64.